The van der Waals surface area contributed by atoms with E-state index in [-0.39, 0.29) is 24.0 Å². The number of ether oxygens (including phenoxy) is 2. The standard InChI is InChI=1S/C24H32ClN5O4/c1-14-9-15(2)27-22(10-14)29-23(31)6-8-30-7-5-19(21(13-30)34-4)28-24(32)16-11-17(25)18(26)12-20(16)33-3/h9-12,19,21H,5-8,13,26H2,1-4H3,(H,28,32)(H,27,29,31). The molecule has 10 heteroatoms. The van der Waals surface area contributed by atoms with Gasteiger partial charge in [-0.1, -0.05) is 11.6 Å². The normalized spacial score (nSPS) is 18.4. The van der Waals surface area contributed by atoms with Crippen molar-refractivity contribution in [3.05, 3.63) is 46.1 Å². The predicted octanol–water partition coefficient (Wildman–Crippen LogP) is 2.79. The number of likely N-dealkylation sites (tertiary alicyclic amines) is 1. The quantitative estimate of drug-likeness (QED) is 0.488. The lowest BCUT2D eigenvalue weighted by molar-refractivity contribution is -0.116. The van der Waals surface area contributed by atoms with Crippen molar-refractivity contribution >= 4 is 34.9 Å². The first kappa shape index (κ1) is 25.7. The van der Waals surface area contributed by atoms with Gasteiger partial charge in [0.2, 0.25) is 5.91 Å². The van der Waals surface area contributed by atoms with Crippen LogP contribution in [-0.2, 0) is 9.53 Å². The number of amides is 2. The summed E-state index contributed by atoms with van der Waals surface area (Å²) in [7, 11) is 3.09. The van der Waals surface area contributed by atoms with Gasteiger partial charge in [-0.2, -0.15) is 0 Å². The number of nitrogens with zero attached hydrogens (tertiary/aromatic N) is 2. The van der Waals surface area contributed by atoms with Gasteiger partial charge in [0, 0.05) is 44.9 Å². The minimum absolute atomic E-state index is 0.0887. The van der Waals surface area contributed by atoms with Gasteiger partial charge < -0.3 is 30.7 Å². The van der Waals surface area contributed by atoms with Crippen LogP contribution >= 0.6 is 11.6 Å². The van der Waals surface area contributed by atoms with Gasteiger partial charge in [-0.05, 0) is 44.0 Å². The number of anilines is 2. The van der Waals surface area contributed by atoms with Gasteiger partial charge in [0.05, 0.1) is 35.5 Å². The van der Waals surface area contributed by atoms with Crippen LogP contribution in [0.1, 0.15) is 34.5 Å². The van der Waals surface area contributed by atoms with Gasteiger partial charge in [0.1, 0.15) is 11.6 Å². The summed E-state index contributed by atoms with van der Waals surface area (Å²) in [6.45, 7) is 5.76. The molecule has 2 aromatic rings. The maximum Gasteiger partial charge on any atom is 0.255 e. The van der Waals surface area contributed by atoms with Crippen LogP contribution in [0, 0.1) is 13.8 Å². The molecule has 1 saturated heterocycles. The van der Waals surface area contributed by atoms with E-state index in [2.05, 4.69) is 20.5 Å². The number of piperidine rings is 1. The number of nitrogen functional groups attached to an aromatic ring is 1. The molecular weight excluding hydrogens is 458 g/mol. The summed E-state index contributed by atoms with van der Waals surface area (Å²) in [5, 5.41) is 6.18. The van der Waals surface area contributed by atoms with E-state index in [1.165, 1.54) is 19.2 Å². The van der Waals surface area contributed by atoms with Crippen molar-refractivity contribution in [2.24, 2.45) is 0 Å². The number of carbonyl (C=O) groups excluding carboxylic acids is 2. The third kappa shape index (κ3) is 6.59. The Morgan fingerprint density at radius 2 is 2.00 bits per heavy atom. The van der Waals surface area contributed by atoms with Crippen molar-refractivity contribution < 1.29 is 19.1 Å². The van der Waals surface area contributed by atoms with Crippen molar-refractivity contribution in [1.29, 1.82) is 0 Å². The highest BCUT2D eigenvalue weighted by atomic mass is 35.5. The third-order valence-corrected chi connectivity index (χ3v) is 6.17. The molecule has 4 N–H and O–H groups in total. The summed E-state index contributed by atoms with van der Waals surface area (Å²) < 4.78 is 10.9. The van der Waals surface area contributed by atoms with Crippen molar-refractivity contribution in [3.63, 3.8) is 0 Å². The largest absolute Gasteiger partial charge is 0.496 e. The molecule has 0 saturated carbocycles. The zero-order valence-corrected chi connectivity index (χ0v) is 20.7. The number of rotatable bonds is 8. The maximum absolute atomic E-state index is 12.9. The second kappa shape index (κ2) is 11.5. The van der Waals surface area contributed by atoms with Crippen LogP contribution < -0.4 is 21.1 Å². The van der Waals surface area contributed by atoms with Crippen LogP contribution in [-0.4, -0.2) is 67.7 Å². The zero-order valence-electron chi connectivity index (χ0n) is 20.0. The average Bonchev–Trinajstić information content (AvgIpc) is 2.79. The molecule has 2 heterocycles. The van der Waals surface area contributed by atoms with Crippen molar-refractivity contribution in [1.82, 2.24) is 15.2 Å². The number of pyridine rings is 1. The number of hydrogen-bond donors (Lipinski definition) is 3. The Morgan fingerprint density at radius 1 is 1.24 bits per heavy atom. The third-order valence-electron chi connectivity index (χ3n) is 5.85. The summed E-state index contributed by atoms with van der Waals surface area (Å²) in [6.07, 6.45) is 0.788. The van der Waals surface area contributed by atoms with E-state index >= 15 is 0 Å². The maximum atomic E-state index is 12.9. The van der Waals surface area contributed by atoms with Crippen LogP contribution in [0.25, 0.3) is 0 Å². The summed E-state index contributed by atoms with van der Waals surface area (Å²) in [5.74, 6) is 0.529. The van der Waals surface area contributed by atoms with Crippen LogP contribution in [0.15, 0.2) is 24.3 Å². The van der Waals surface area contributed by atoms with Crippen LogP contribution in [0.2, 0.25) is 5.02 Å². The summed E-state index contributed by atoms with van der Waals surface area (Å²) in [6, 6.07) is 6.66. The van der Waals surface area contributed by atoms with Gasteiger partial charge in [0.25, 0.3) is 5.91 Å². The molecule has 9 nitrogen and oxygen atoms in total. The predicted molar refractivity (Wildman–Crippen MR) is 132 cm³/mol. The zero-order chi connectivity index (χ0) is 24.8. The van der Waals surface area contributed by atoms with Gasteiger partial charge in [-0.3, -0.25) is 9.59 Å². The number of nitrogens with two attached hydrogens (primary N) is 1. The van der Waals surface area contributed by atoms with E-state index in [1.54, 1.807) is 7.11 Å². The molecular formula is C24H32ClN5O4. The molecule has 1 aromatic carbocycles. The van der Waals surface area contributed by atoms with E-state index < -0.39 is 0 Å². The fraction of sp³-hybridized carbons (Fsp3) is 0.458. The molecule has 1 aliphatic rings. The number of carbonyl (C=O) groups is 2. The Balaban J connectivity index is 1.54. The Labute approximate surface area is 204 Å². The first-order chi connectivity index (χ1) is 16.2. The number of aromatic nitrogens is 1. The van der Waals surface area contributed by atoms with E-state index in [9.17, 15) is 9.59 Å². The van der Waals surface area contributed by atoms with Crippen molar-refractivity contribution in [2.75, 3.05) is 44.9 Å². The molecule has 2 atom stereocenters. The smallest absolute Gasteiger partial charge is 0.255 e. The molecule has 0 aliphatic carbocycles. The highest BCUT2D eigenvalue weighted by Gasteiger charge is 2.31. The highest BCUT2D eigenvalue weighted by Crippen LogP contribution is 2.29. The molecule has 0 spiro atoms. The van der Waals surface area contributed by atoms with E-state index in [4.69, 9.17) is 26.8 Å². The minimum Gasteiger partial charge on any atom is -0.496 e. The van der Waals surface area contributed by atoms with Gasteiger partial charge >= 0.3 is 0 Å². The SMILES string of the molecule is COc1cc(N)c(Cl)cc1C(=O)NC1CCN(CCC(=O)Nc2cc(C)cc(C)n2)CC1OC. The summed E-state index contributed by atoms with van der Waals surface area (Å²) >= 11 is 6.10. The van der Waals surface area contributed by atoms with Gasteiger partial charge in [-0.15, -0.1) is 0 Å². The van der Waals surface area contributed by atoms with Crippen molar-refractivity contribution in [3.8, 4) is 5.75 Å². The molecule has 34 heavy (non-hydrogen) atoms. The Hall–Kier alpha value is -2.88. The van der Waals surface area contributed by atoms with Crippen LogP contribution in [0.5, 0.6) is 5.75 Å². The number of aryl methyl sites for hydroxylation is 2. The molecule has 184 valence electrons. The monoisotopic (exact) mass is 489 g/mol. The lowest BCUT2D eigenvalue weighted by Crippen LogP contribution is -2.55. The first-order valence-electron chi connectivity index (χ1n) is 11.1. The second-order valence-electron chi connectivity index (χ2n) is 8.49. The van der Waals surface area contributed by atoms with Gasteiger partial charge in [-0.25, -0.2) is 4.98 Å². The molecule has 1 aliphatic heterocycles. The first-order valence-corrected chi connectivity index (χ1v) is 11.5. The molecule has 2 amide bonds. The number of nitrogens with one attached hydrogen (secondary N) is 2. The number of benzene rings is 1. The lowest BCUT2D eigenvalue weighted by Gasteiger charge is -2.38. The number of halogens is 1. The molecule has 3 rings (SSSR count). The Kier molecular flexibility index (Phi) is 8.71. The number of methoxy groups -OCH3 is 2. The topological polar surface area (TPSA) is 119 Å². The molecule has 0 bridgehead atoms. The average molecular weight is 490 g/mol. The molecule has 2 unspecified atom stereocenters. The molecule has 1 fully saturated rings. The Morgan fingerprint density at radius 3 is 2.68 bits per heavy atom. The molecule has 0 radical (unpaired) electrons. The summed E-state index contributed by atoms with van der Waals surface area (Å²) in [4.78, 5) is 31.8. The van der Waals surface area contributed by atoms with Gasteiger partial charge in [0.15, 0.2) is 0 Å². The second-order valence-corrected chi connectivity index (χ2v) is 8.89. The fourth-order valence-corrected chi connectivity index (χ4v) is 4.28. The lowest BCUT2D eigenvalue weighted by atomic mass is 10.0. The fourth-order valence-electron chi connectivity index (χ4n) is 4.12. The van der Waals surface area contributed by atoms with E-state index in [1.807, 2.05) is 26.0 Å². The Bertz CT molecular complexity index is 1030. The van der Waals surface area contributed by atoms with E-state index in [0.29, 0.717) is 53.8 Å². The molecule has 1 aromatic heterocycles. The number of hydrogen-bond acceptors (Lipinski definition) is 7. The van der Waals surface area contributed by atoms with Crippen LogP contribution in [0.3, 0.4) is 0 Å². The van der Waals surface area contributed by atoms with E-state index in [0.717, 1.165) is 17.8 Å². The highest BCUT2D eigenvalue weighted by molar-refractivity contribution is 6.33. The van der Waals surface area contributed by atoms with Crippen molar-refractivity contribution in [2.45, 2.75) is 38.8 Å². The summed E-state index contributed by atoms with van der Waals surface area (Å²) in [5.41, 5.74) is 8.38. The minimum atomic E-state index is -0.306. The van der Waals surface area contributed by atoms with Crippen LogP contribution in [0.4, 0.5) is 11.5 Å².